The lowest BCUT2D eigenvalue weighted by Gasteiger charge is -2.43. The summed E-state index contributed by atoms with van der Waals surface area (Å²) in [6.45, 7) is 11.3. The zero-order chi connectivity index (χ0) is 19.4. The Morgan fingerprint density at radius 2 is 1.63 bits per heavy atom. The first-order valence-electron chi connectivity index (χ1n) is 10.00. The molecule has 0 bridgehead atoms. The van der Waals surface area contributed by atoms with Gasteiger partial charge >= 0.3 is 0 Å². The Balaban J connectivity index is 1.60. The molecular weight excluding hydrogens is 338 g/mol. The number of benzene rings is 1. The lowest BCUT2D eigenvalue weighted by Crippen LogP contribution is -2.53. The largest absolute Gasteiger partial charge is 0.379 e. The summed E-state index contributed by atoms with van der Waals surface area (Å²) in [7, 11) is 0. The molecule has 0 unspecified atom stereocenters. The smallest absolute Gasteiger partial charge is 0.138 e. The Kier molecular flexibility index (Phi) is 6.31. The predicted octanol–water partition coefficient (Wildman–Crippen LogP) is 2.97. The van der Waals surface area contributed by atoms with Crippen molar-refractivity contribution >= 4 is 5.78 Å². The molecule has 1 aromatic rings. The van der Waals surface area contributed by atoms with Gasteiger partial charge in [-0.25, -0.2) is 10.0 Å². The van der Waals surface area contributed by atoms with Crippen molar-refractivity contribution in [2.45, 2.75) is 46.5 Å². The first-order chi connectivity index (χ1) is 12.9. The molecule has 0 aromatic heterocycles. The fourth-order valence-corrected chi connectivity index (χ4v) is 4.50. The summed E-state index contributed by atoms with van der Waals surface area (Å²) in [6.07, 6.45) is 2.33. The molecule has 0 aliphatic carbocycles. The summed E-state index contributed by atoms with van der Waals surface area (Å²) in [5.74, 6) is 0.187. The number of hydrazine groups is 1. The predicted molar refractivity (Wildman–Crippen MR) is 105 cm³/mol. The van der Waals surface area contributed by atoms with E-state index in [2.05, 4.69) is 49.0 Å². The molecule has 27 heavy (non-hydrogen) atoms. The van der Waals surface area contributed by atoms with E-state index in [1.54, 1.807) is 0 Å². The Hall–Kier alpha value is -1.74. The maximum atomic E-state index is 12.8. The molecule has 0 N–H and O–H groups in total. The van der Waals surface area contributed by atoms with Gasteiger partial charge in [0.2, 0.25) is 0 Å². The van der Waals surface area contributed by atoms with Gasteiger partial charge in [0.25, 0.3) is 0 Å². The van der Waals surface area contributed by atoms with Gasteiger partial charge in [0.1, 0.15) is 5.78 Å². The van der Waals surface area contributed by atoms with Crippen LogP contribution in [0.5, 0.6) is 0 Å². The van der Waals surface area contributed by atoms with Crippen LogP contribution in [0.3, 0.4) is 0 Å². The summed E-state index contributed by atoms with van der Waals surface area (Å²) in [4.78, 5) is 12.8. The van der Waals surface area contributed by atoms with Crippen LogP contribution >= 0.6 is 0 Å². The highest BCUT2D eigenvalue weighted by molar-refractivity contribution is 5.82. The molecule has 0 atom stereocenters. The van der Waals surface area contributed by atoms with Crippen LogP contribution in [-0.2, 0) is 16.0 Å². The number of hydrogen-bond acceptors (Lipinski definition) is 5. The highest BCUT2D eigenvalue weighted by atomic mass is 16.5. The minimum Gasteiger partial charge on any atom is -0.379 e. The van der Waals surface area contributed by atoms with Crippen molar-refractivity contribution in [2.75, 3.05) is 39.4 Å². The second-order valence-corrected chi connectivity index (χ2v) is 8.18. The average molecular weight is 370 g/mol. The Bertz CT molecular complexity index is 701. The van der Waals surface area contributed by atoms with Gasteiger partial charge < -0.3 is 4.74 Å². The van der Waals surface area contributed by atoms with Gasteiger partial charge in [-0.1, -0.05) is 17.7 Å². The Labute approximate surface area is 162 Å². The number of hydrogen-bond donors (Lipinski definition) is 0. The maximum absolute atomic E-state index is 12.8. The Morgan fingerprint density at radius 3 is 2.19 bits per heavy atom. The molecular formula is C22H31N3O2. The van der Waals surface area contributed by atoms with E-state index in [1.165, 1.54) is 16.7 Å². The number of carbonyl (C=O) groups excluding carboxylic acids is 1. The highest BCUT2D eigenvalue weighted by Crippen LogP contribution is 2.36. The summed E-state index contributed by atoms with van der Waals surface area (Å²) < 4.78 is 5.42. The number of rotatable bonds is 5. The lowest BCUT2D eigenvalue weighted by atomic mass is 9.75. The van der Waals surface area contributed by atoms with Gasteiger partial charge in [-0.3, -0.25) is 4.79 Å². The van der Waals surface area contributed by atoms with Crippen molar-refractivity contribution < 1.29 is 9.53 Å². The van der Waals surface area contributed by atoms with Crippen LogP contribution in [0.4, 0.5) is 0 Å². The van der Waals surface area contributed by atoms with Crippen molar-refractivity contribution in [1.29, 1.82) is 5.26 Å². The Morgan fingerprint density at radius 1 is 1.07 bits per heavy atom. The number of Topliss-reactive ketones (excluding diaryl/α,β-unsaturated/α-hetero) is 1. The zero-order valence-corrected chi connectivity index (χ0v) is 16.9. The first kappa shape index (κ1) is 20.0. The summed E-state index contributed by atoms with van der Waals surface area (Å²) in [5, 5.41) is 14.5. The van der Waals surface area contributed by atoms with Crippen molar-refractivity contribution in [1.82, 2.24) is 10.0 Å². The molecule has 0 spiro atoms. The van der Waals surface area contributed by atoms with E-state index in [0.717, 1.165) is 57.8 Å². The molecule has 2 fully saturated rings. The molecule has 2 saturated heterocycles. The number of ether oxygens (including phenoxy) is 1. The molecule has 2 aliphatic rings. The topological polar surface area (TPSA) is 56.6 Å². The SMILES string of the molecule is Cc1cc(C)c(CC(=O)CC2(C#N)CCN(N3CCOCC3)CC2)c(C)c1. The average Bonchev–Trinajstić information content (AvgIpc) is 2.66. The van der Waals surface area contributed by atoms with Gasteiger partial charge in [0.15, 0.2) is 0 Å². The van der Waals surface area contributed by atoms with Gasteiger partial charge in [0.05, 0.1) is 24.7 Å². The molecule has 5 nitrogen and oxygen atoms in total. The fourth-order valence-electron chi connectivity index (χ4n) is 4.50. The number of nitriles is 1. The number of ketones is 1. The molecule has 1 aromatic carbocycles. The summed E-state index contributed by atoms with van der Waals surface area (Å²) >= 11 is 0. The van der Waals surface area contributed by atoms with Gasteiger partial charge in [-0.15, -0.1) is 0 Å². The van der Waals surface area contributed by atoms with E-state index < -0.39 is 5.41 Å². The number of aryl methyl sites for hydroxylation is 3. The van der Waals surface area contributed by atoms with Crippen LogP contribution in [0.2, 0.25) is 0 Å². The minimum atomic E-state index is -0.508. The lowest BCUT2D eigenvalue weighted by molar-refractivity contribution is -0.124. The molecule has 2 heterocycles. The zero-order valence-electron chi connectivity index (χ0n) is 16.9. The van der Waals surface area contributed by atoms with Crippen LogP contribution in [0, 0.1) is 37.5 Å². The second-order valence-electron chi connectivity index (χ2n) is 8.18. The molecule has 0 radical (unpaired) electrons. The number of carbonyl (C=O) groups is 1. The summed E-state index contributed by atoms with van der Waals surface area (Å²) in [5.41, 5.74) is 4.20. The maximum Gasteiger partial charge on any atom is 0.138 e. The number of morpholine rings is 1. The monoisotopic (exact) mass is 369 g/mol. The van der Waals surface area contributed by atoms with Crippen molar-refractivity contribution in [3.63, 3.8) is 0 Å². The van der Waals surface area contributed by atoms with Crippen LogP contribution in [0.1, 0.15) is 41.5 Å². The number of nitrogens with zero attached hydrogens (tertiary/aromatic N) is 3. The molecule has 146 valence electrons. The standard InChI is InChI=1S/C22H31N3O2/c1-17-12-18(2)21(19(3)13-17)14-20(26)15-22(16-23)4-6-24(7-5-22)25-8-10-27-11-9-25/h12-13H,4-11,14-15H2,1-3H3. The van der Waals surface area contributed by atoms with Crippen LogP contribution < -0.4 is 0 Å². The van der Waals surface area contributed by atoms with E-state index in [4.69, 9.17) is 4.74 Å². The van der Waals surface area contributed by atoms with Gasteiger partial charge in [-0.2, -0.15) is 5.26 Å². The van der Waals surface area contributed by atoms with E-state index in [-0.39, 0.29) is 5.78 Å². The fraction of sp³-hybridized carbons (Fsp3) is 0.636. The third kappa shape index (κ3) is 4.76. The second kappa shape index (κ2) is 8.52. The quantitative estimate of drug-likeness (QED) is 0.799. The van der Waals surface area contributed by atoms with Crippen molar-refractivity contribution in [3.05, 3.63) is 34.4 Å². The van der Waals surface area contributed by atoms with E-state index in [9.17, 15) is 10.1 Å². The molecule has 0 amide bonds. The molecule has 5 heteroatoms. The normalized spacial score (nSPS) is 21.0. The minimum absolute atomic E-state index is 0.187. The highest BCUT2D eigenvalue weighted by Gasteiger charge is 2.38. The first-order valence-corrected chi connectivity index (χ1v) is 10.00. The summed E-state index contributed by atoms with van der Waals surface area (Å²) in [6, 6.07) is 6.78. The van der Waals surface area contributed by atoms with Gasteiger partial charge in [0, 0.05) is 39.0 Å². The van der Waals surface area contributed by atoms with E-state index in [0.29, 0.717) is 12.8 Å². The third-order valence-electron chi connectivity index (χ3n) is 6.07. The van der Waals surface area contributed by atoms with Crippen molar-refractivity contribution in [3.8, 4) is 6.07 Å². The van der Waals surface area contributed by atoms with E-state index >= 15 is 0 Å². The molecule has 0 saturated carbocycles. The molecule has 3 rings (SSSR count). The van der Waals surface area contributed by atoms with Crippen LogP contribution in [0.15, 0.2) is 12.1 Å². The molecule has 2 aliphatic heterocycles. The third-order valence-corrected chi connectivity index (χ3v) is 6.07. The van der Waals surface area contributed by atoms with E-state index in [1.807, 2.05) is 0 Å². The number of piperidine rings is 1. The van der Waals surface area contributed by atoms with Crippen LogP contribution in [-0.4, -0.2) is 55.2 Å². The van der Waals surface area contributed by atoms with Gasteiger partial charge in [-0.05, 0) is 50.3 Å². The van der Waals surface area contributed by atoms with Crippen molar-refractivity contribution in [2.24, 2.45) is 5.41 Å². The van der Waals surface area contributed by atoms with Crippen LogP contribution in [0.25, 0.3) is 0 Å².